The maximum Gasteiger partial charge on any atom is 0.255 e. The van der Waals surface area contributed by atoms with Gasteiger partial charge in [0.15, 0.2) is 11.4 Å². The van der Waals surface area contributed by atoms with Gasteiger partial charge in [0.2, 0.25) is 5.78 Å². The van der Waals surface area contributed by atoms with Gasteiger partial charge in [0, 0.05) is 29.2 Å². The molecule has 0 fully saturated rings. The number of hydrogen-bond donors (Lipinski definition) is 5. The van der Waals surface area contributed by atoms with Crippen LogP contribution in [0.25, 0.3) is 0 Å². The van der Waals surface area contributed by atoms with Gasteiger partial charge in [-0.25, -0.2) is 4.39 Å². The predicted molar refractivity (Wildman–Crippen MR) is 144 cm³/mol. The second kappa shape index (κ2) is 10.9. The zero-order valence-electron chi connectivity index (χ0n) is 23.3. The summed E-state index contributed by atoms with van der Waals surface area (Å²) in [5, 5.41) is 44.7. The molecule has 4 rings (SSSR count). The summed E-state index contributed by atoms with van der Waals surface area (Å²) in [7, 11) is 3.11. The molecular weight excluding hydrogens is 521 g/mol. The number of halogens is 1. The van der Waals surface area contributed by atoms with Crippen LogP contribution in [-0.2, 0) is 22.6 Å². The minimum atomic E-state index is -2.72. The predicted octanol–water partition coefficient (Wildman–Crippen LogP) is 2.27. The van der Waals surface area contributed by atoms with E-state index in [9.17, 15) is 34.8 Å². The van der Waals surface area contributed by atoms with Crippen LogP contribution >= 0.6 is 0 Å². The first-order chi connectivity index (χ1) is 18.8. The molecule has 0 radical (unpaired) electrons. The second-order valence-corrected chi connectivity index (χ2v) is 11.3. The fraction of sp³-hybridized carbons (Fsp3) is 0.552. The van der Waals surface area contributed by atoms with Crippen molar-refractivity contribution in [2.75, 3.05) is 27.2 Å². The quantitative estimate of drug-likeness (QED) is 0.285. The Labute approximate surface area is 232 Å². The number of carbonyl (C=O) groups is 3. The van der Waals surface area contributed by atoms with Crippen molar-refractivity contribution >= 4 is 17.5 Å². The van der Waals surface area contributed by atoms with Crippen LogP contribution in [0.2, 0.25) is 0 Å². The second-order valence-electron chi connectivity index (χ2n) is 11.3. The maximum atomic E-state index is 16.0. The third kappa shape index (κ3) is 4.49. The standard InChI is InChI=1S/C29H38FN3O7/c1-5-7-9-33(8-6-2)13-15-12-18(34)20-16(22(15)30)10-14-11-17-23(32(3)4)25(36)21(28(31)39)27(38)29(17,40)26(37)19(14)24(20)35/h12,14,17,23,34,36-37,40H,5-11,13H2,1-4H3,(H2,31,39)/t14-,17-,23-,29-/m0/s1. The molecular formula is C29H38FN3O7. The number of phenols is 1. The number of aliphatic hydroxyl groups excluding tert-OH is 2. The van der Waals surface area contributed by atoms with Crippen LogP contribution in [-0.4, -0.2) is 86.5 Å². The van der Waals surface area contributed by atoms with Crippen LogP contribution in [0.1, 0.15) is 61.0 Å². The molecule has 1 aromatic rings. The van der Waals surface area contributed by atoms with Crippen molar-refractivity contribution in [1.29, 1.82) is 0 Å². The Morgan fingerprint density at radius 3 is 2.40 bits per heavy atom. The molecule has 0 bridgehead atoms. The fourth-order valence-electron chi connectivity index (χ4n) is 6.68. The molecule has 218 valence electrons. The number of unbranched alkanes of at least 4 members (excludes halogenated alkanes) is 1. The summed E-state index contributed by atoms with van der Waals surface area (Å²) < 4.78 is 16.0. The number of Topliss-reactive ketones (excluding diaryl/α,β-unsaturated/α-hetero) is 2. The Bertz CT molecular complexity index is 1320. The van der Waals surface area contributed by atoms with Gasteiger partial charge in [-0.15, -0.1) is 0 Å². The summed E-state index contributed by atoms with van der Waals surface area (Å²) in [5.41, 5.74) is 1.39. The molecule has 4 atom stereocenters. The number of amides is 1. The molecule has 3 aliphatic carbocycles. The molecule has 1 amide bonds. The molecule has 0 aliphatic heterocycles. The summed E-state index contributed by atoms with van der Waals surface area (Å²) in [6.07, 6.45) is 2.61. The van der Waals surface area contributed by atoms with Crippen LogP contribution < -0.4 is 5.73 Å². The highest BCUT2D eigenvalue weighted by atomic mass is 19.1. The number of fused-ring (bicyclic) bond motifs is 3. The highest BCUT2D eigenvalue weighted by molar-refractivity contribution is 6.24. The number of nitrogens with zero attached hydrogens (tertiary/aromatic N) is 2. The Kier molecular flexibility index (Phi) is 8.13. The van der Waals surface area contributed by atoms with Crippen molar-refractivity contribution in [2.45, 2.75) is 64.1 Å². The molecule has 1 aromatic carbocycles. The lowest BCUT2D eigenvalue weighted by molar-refractivity contribution is -0.148. The van der Waals surface area contributed by atoms with Crippen LogP contribution in [0.3, 0.4) is 0 Å². The van der Waals surface area contributed by atoms with Crippen molar-refractivity contribution in [1.82, 2.24) is 9.80 Å². The van der Waals surface area contributed by atoms with E-state index in [2.05, 4.69) is 11.8 Å². The number of phenolic OH excluding ortho intramolecular Hbond substituents is 1. The molecule has 6 N–H and O–H groups in total. The van der Waals surface area contributed by atoms with Crippen molar-refractivity contribution in [3.63, 3.8) is 0 Å². The molecule has 10 nitrogen and oxygen atoms in total. The average Bonchev–Trinajstić information content (AvgIpc) is 2.87. The van der Waals surface area contributed by atoms with Gasteiger partial charge in [-0.2, -0.15) is 0 Å². The maximum absolute atomic E-state index is 16.0. The van der Waals surface area contributed by atoms with Gasteiger partial charge in [0.1, 0.15) is 28.7 Å². The van der Waals surface area contributed by atoms with Crippen LogP contribution in [0, 0.1) is 17.7 Å². The molecule has 0 saturated carbocycles. The summed E-state index contributed by atoms with van der Waals surface area (Å²) in [6, 6.07) is 0.120. The first-order valence-corrected chi connectivity index (χ1v) is 13.7. The van der Waals surface area contributed by atoms with Crippen molar-refractivity contribution < 1.29 is 39.2 Å². The minimum Gasteiger partial charge on any atom is -0.510 e. The Morgan fingerprint density at radius 2 is 1.82 bits per heavy atom. The molecule has 11 heteroatoms. The molecule has 0 unspecified atom stereocenters. The van der Waals surface area contributed by atoms with E-state index in [1.807, 2.05) is 6.92 Å². The van der Waals surface area contributed by atoms with Gasteiger partial charge >= 0.3 is 0 Å². The zero-order valence-corrected chi connectivity index (χ0v) is 23.3. The van der Waals surface area contributed by atoms with Crippen molar-refractivity contribution in [3.05, 3.63) is 51.2 Å². The number of hydrogen-bond acceptors (Lipinski definition) is 9. The largest absolute Gasteiger partial charge is 0.510 e. The summed E-state index contributed by atoms with van der Waals surface area (Å²) in [4.78, 5) is 42.7. The lowest BCUT2D eigenvalue weighted by atomic mass is 9.58. The molecule has 3 aliphatic rings. The van der Waals surface area contributed by atoms with Crippen LogP contribution in [0.4, 0.5) is 4.39 Å². The van der Waals surface area contributed by atoms with E-state index in [0.717, 1.165) is 32.4 Å². The number of nitrogens with two attached hydrogens (primary N) is 1. The lowest BCUT2D eigenvalue weighted by Crippen LogP contribution is -2.63. The molecule has 0 heterocycles. The van der Waals surface area contributed by atoms with E-state index in [1.54, 1.807) is 14.1 Å². The number of ketones is 2. The van der Waals surface area contributed by atoms with E-state index < -0.39 is 69.6 Å². The van der Waals surface area contributed by atoms with Gasteiger partial charge in [0.25, 0.3) is 5.91 Å². The molecule has 0 spiro atoms. The molecule has 40 heavy (non-hydrogen) atoms. The monoisotopic (exact) mass is 559 g/mol. The van der Waals surface area contributed by atoms with Gasteiger partial charge in [-0.3, -0.25) is 24.2 Å². The number of primary amides is 1. The summed E-state index contributed by atoms with van der Waals surface area (Å²) in [5.74, 6) is -8.15. The van der Waals surface area contributed by atoms with Gasteiger partial charge in [0.05, 0.1) is 11.6 Å². The average molecular weight is 560 g/mol. The normalized spacial score (nSPS) is 26.4. The zero-order chi connectivity index (χ0) is 29.7. The van der Waals surface area contributed by atoms with E-state index in [1.165, 1.54) is 11.0 Å². The first kappa shape index (κ1) is 29.7. The van der Waals surface area contributed by atoms with Crippen molar-refractivity contribution in [2.24, 2.45) is 17.6 Å². The molecule has 0 saturated heterocycles. The van der Waals surface area contributed by atoms with Gasteiger partial charge < -0.3 is 26.2 Å². The number of allylic oxidation sites excluding steroid dienone is 1. The number of benzene rings is 1. The fourth-order valence-corrected chi connectivity index (χ4v) is 6.68. The van der Waals surface area contributed by atoms with E-state index in [4.69, 9.17) is 5.73 Å². The topological polar surface area (TPSA) is 165 Å². The van der Waals surface area contributed by atoms with Gasteiger partial charge in [-0.1, -0.05) is 20.3 Å². The number of aliphatic hydroxyl groups is 3. The van der Waals surface area contributed by atoms with Gasteiger partial charge in [-0.05, 0) is 64.9 Å². The lowest BCUT2D eigenvalue weighted by Gasteiger charge is -2.50. The Balaban J connectivity index is 1.83. The van der Waals surface area contributed by atoms with E-state index in [-0.39, 0.29) is 41.6 Å². The minimum absolute atomic E-state index is 0.0139. The van der Waals surface area contributed by atoms with Crippen molar-refractivity contribution in [3.8, 4) is 5.75 Å². The third-order valence-electron chi connectivity index (χ3n) is 8.49. The number of likely N-dealkylation sites (N-methyl/N-ethyl adjacent to an activating group) is 1. The summed E-state index contributed by atoms with van der Waals surface area (Å²) in [6.45, 7) is 5.84. The number of carbonyl (C=O) groups excluding carboxylic acids is 3. The highest BCUT2D eigenvalue weighted by Crippen LogP contribution is 2.52. The Hall–Kier alpha value is -3.28. The third-order valence-corrected chi connectivity index (χ3v) is 8.49. The summed E-state index contributed by atoms with van der Waals surface area (Å²) >= 11 is 0. The van der Waals surface area contributed by atoms with Crippen LogP contribution in [0.15, 0.2) is 28.7 Å². The number of rotatable bonds is 9. The smallest absolute Gasteiger partial charge is 0.255 e. The Morgan fingerprint density at radius 1 is 1.15 bits per heavy atom. The van der Waals surface area contributed by atoms with E-state index >= 15 is 4.39 Å². The first-order valence-electron chi connectivity index (χ1n) is 13.7. The van der Waals surface area contributed by atoms with E-state index in [0.29, 0.717) is 0 Å². The molecule has 0 aromatic heterocycles. The SMILES string of the molecule is CCCCN(CCC)Cc1cc(O)c2c(c1F)C[C@H]1C[C@H]3[C@H](N(C)C)C(O)=C(C(N)=O)C(=O)[C@@]3(O)C(O)=C1C2=O. The number of aromatic hydroxyl groups is 1. The highest BCUT2D eigenvalue weighted by Gasteiger charge is 2.63. The van der Waals surface area contributed by atoms with Crippen LogP contribution in [0.5, 0.6) is 5.75 Å².